The minimum Gasteiger partial charge on any atom is -0.481 e. The monoisotopic (exact) mass is 229 g/mol. The average Bonchev–Trinajstić information content (AvgIpc) is 2.15. The zero-order valence-corrected chi connectivity index (χ0v) is 7.88. The second-order valence-corrected chi connectivity index (χ2v) is 3.06. The summed E-state index contributed by atoms with van der Waals surface area (Å²) in [6.07, 6.45) is -5.16. The van der Waals surface area contributed by atoms with Gasteiger partial charge in [-0.2, -0.15) is 18.4 Å². The topological polar surface area (TPSA) is 61.1 Å². The Bertz CT molecular complexity index is 460. The van der Waals surface area contributed by atoms with Crippen molar-refractivity contribution in [2.75, 3.05) is 0 Å². The molecule has 1 N–H and O–H groups in total. The molecule has 16 heavy (non-hydrogen) atoms. The van der Waals surface area contributed by atoms with Crippen LogP contribution in [-0.2, 0) is 17.4 Å². The van der Waals surface area contributed by atoms with Gasteiger partial charge in [0.25, 0.3) is 0 Å². The van der Waals surface area contributed by atoms with Crippen molar-refractivity contribution in [1.82, 2.24) is 0 Å². The van der Waals surface area contributed by atoms with E-state index in [2.05, 4.69) is 0 Å². The van der Waals surface area contributed by atoms with E-state index < -0.39 is 29.7 Å². The highest BCUT2D eigenvalue weighted by Gasteiger charge is 2.33. The van der Waals surface area contributed by atoms with Crippen LogP contribution in [0.1, 0.15) is 16.7 Å². The molecular weight excluding hydrogens is 223 g/mol. The lowest BCUT2D eigenvalue weighted by Gasteiger charge is -2.09. The molecule has 0 aliphatic heterocycles. The fourth-order valence-electron chi connectivity index (χ4n) is 1.21. The Labute approximate surface area is 88.7 Å². The van der Waals surface area contributed by atoms with Crippen LogP contribution in [0, 0.1) is 11.3 Å². The maximum absolute atomic E-state index is 12.5. The maximum atomic E-state index is 12.5. The molecule has 0 amide bonds. The quantitative estimate of drug-likeness (QED) is 0.845. The minimum absolute atomic E-state index is 0.0128. The molecule has 0 heterocycles. The first-order valence-corrected chi connectivity index (χ1v) is 4.16. The van der Waals surface area contributed by atoms with Crippen molar-refractivity contribution < 1.29 is 23.1 Å². The number of alkyl halides is 3. The predicted molar refractivity (Wildman–Crippen MR) is 47.5 cm³/mol. The average molecular weight is 229 g/mol. The highest BCUT2D eigenvalue weighted by atomic mass is 19.4. The van der Waals surface area contributed by atoms with E-state index in [-0.39, 0.29) is 5.56 Å². The molecule has 0 saturated carbocycles. The van der Waals surface area contributed by atoms with E-state index >= 15 is 0 Å². The Hall–Kier alpha value is -2.03. The molecule has 0 fully saturated rings. The summed E-state index contributed by atoms with van der Waals surface area (Å²) >= 11 is 0. The molecule has 0 radical (unpaired) electrons. The van der Waals surface area contributed by atoms with Crippen molar-refractivity contribution in [1.29, 1.82) is 5.26 Å². The molecule has 1 aromatic carbocycles. The summed E-state index contributed by atoms with van der Waals surface area (Å²) in [7, 11) is 0. The molecule has 0 saturated heterocycles. The van der Waals surface area contributed by atoms with E-state index in [4.69, 9.17) is 10.4 Å². The number of aliphatic carboxylic acids is 1. The van der Waals surface area contributed by atoms with Crippen molar-refractivity contribution in [3.05, 3.63) is 34.9 Å². The lowest BCUT2D eigenvalue weighted by molar-refractivity contribution is -0.139. The predicted octanol–water partition coefficient (Wildman–Crippen LogP) is 2.20. The number of carboxylic acids is 1. The van der Waals surface area contributed by atoms with Gasteiger partial charge in [-0.05, 0) is 17.7 Å². The van der Waals surface area contributed by atoms with Crippen molar-refractivity contribution in [2.45, 2.75) is 12.6 Å². The molecular formula is C10H6F3NO2. The van der Waals surface area contributed by atoms with Crippen LogP contribution < -0.4 is 0 Å². The van der Waals surface area contributed by atoms with Gasteiger partial charge in [-0.15, -0.1) is 0 Å². The largest absolute Gasteiger partial charge is 0.481 e. The van der Waals surface area contributed by atoms with Gasteiger partial charge in [0.15, 0.2) is 0 Å². The van der Waals surface area contributed by atoms with Gasteiger partial charge >= 0.3 is 12.1 Å². The summed E-state index contributed by atoms with van der Waals surface area (Å²) in [5, 5.41) is 16.9. The Kier molecular flexibility index (Phi) is 3.18. The number of carboxylic acid groups (broad SMARTS) is 1. The molecule has 0 bridgehead atoms. The SMILES string of the molecule is N#Cc1ccc(CC(=O)O)cc1C(F)(F)F. The highest BCUT2D eigenvalue weighted by Crippen LogP contribution is 2.32. The van der Waals surface area contributed by atoms with Crippen LogP contribution in [0.4, 0.5) is 13.2 Å². The molecule has 0 aliphatic rings. The lowest BCUT2D eigenvalue weighted by atomic mass is 10.0. The summed E-state index contributed by atoms with van der Waals surface area (Å²) < 4.78 is 37.4. The van der Waals surface area contributed by atoms with Crippen LogP contribution in [0.2, 0.25) is 0 Å². The fourth-order valence-corrected chi connectivity index (χ4v) is 1.21. The normalized spacial score (nSPS) is 10.9. The molecule has 3 nitrogen and oxygen atoms in total. The first-order valence-electron chi connectivity index (χ1n) is 4.16. The Morgan fingerprint density at radius 3 is 2.50 bits per heavy atom. The zero-order valence-electron chi connectivity index (χ0n) is 7.88. The number of benzene rings is 1. The molecule has 0 aromatic heterocycles. The minimum atomic E-state index is -4.65. The van der Waals surface area contributed by atoms with Crippen LogP contribution in [0.5, 0.6) is 0 Å². The van der Waals surface area contributed by atoms with Gasteiger partial charge in [0.2, 0.25) is 0 Å². The van der Waals surface area contributed by atoms with Gasteiger partial charge in [-0.25, -0.2) is 0 Å². The van der Waals surface area contributed by atoms with E-state index in [1.165, 1.54) is 12.1 Å². The second-order valence-electron chi connectivity index (χ2n) is 3.06. The molecule has 0 aliphatic carbocycles. The number of halogens is 3. The molecule has 6 heteroatoms. The van der Waals surface area contributed by atoms with E-state index in [9.17, 15) is 18.0 Å². The number of hydrogen-bond acceptors (Lipinski definition) is 2. The summed E-state index contributed by atoms with van der Waals surface area (Å²) in [5.74, 6) is -1.22. The van der Waals surface area contributed by atoms with Crippen LogP contribution in [0.25, 0.3) is 0 Å². The van der Waals surface area contributed by atoms with E-state index in [1.807, 2.05) is 0 Å². The summed E-state index contributed by atoms with van der Waals surface area (Å²) in [6.45, 7) is 0. The Morgan fingerprint density at radius 1 is 1.44 bits per heavy atom. The smallest absolute Gasteiger partial charge is 0.417 e. The van der Waals surface area contributed by atoms with Crippen LogP contribution >= 0.6 is 0 Å². The summed E-state index contributed by atoms with van der Waals surface area (Å²) in [5.41, 5.74) is -1.60. The second kappa shape index (κ2) is 4.23. The number of carbonyl (C=O) groups is 1. The number of rotatable bonds is 2. The van der Waals surface area contributed by atoms with Gasteiger partial charge in [0.05, 0.1) is 23.6 Å². The molecule has 0 unspecified atom stereocenters. The molecule has 0 atom stereocenters. The molecule has 1 rings (SSSR count). The summed E-state index contributed by atoms with van der Waals surface area (Å²) in [6, 6.07) is 4.27. The number of nitriles is 1. The summed E-state index contributed by atoms with van der Waals surface area (Å²) in [4.78, 5) is 10.3. The Morgan fingerprint density at radius 2 is 2.06 bits per heavy atom. The van der Waals surface area contributed by atoms with Gasteiger partial charge in [0.1, 0.15) is 0 Å². The maximum Gasteiger partial charge on any atom is 0.417 e. The van der Waals surface area contributed by atoms with E-state index in [1.54, 1.807) is 0 Å². The number of hydrogen-bond donors (Lipinski definition) is 1. The first-order chi connectivity index (χ1) is 7.34. The van der Waals surface area contributed by atoms with Crippen molar-refractivity contribution in [3.8, 4) is 6.07 Å². The van der Waals surface area contributed by atoms with E-state index in [0.717, 1.165) is 6.07 Å². The van der Waals surface area contributed by atoms with Crippen LogP contribution in [-0.4, -0.2) is 11.1 Å². The van der Waals surface area contributed by atoms with Crippen LogP contribution in [0.3, 0.4) is 0 Å². The van der Waals surface area contributed by atoms with Gasteiger partial charge in [-0.1, -0.05) is 6.07 Å². The van der Waals surface area contributed by atoms with Crippen molar-refractivity contribution >= 4 is 5.97 Å². The van der Waals surface area contributed by atoms with Gasteiger partial charge < -0.3 is 5.11 Å². The number of nitrogens with zero attached hydrogens (tertiary/aromatic N) is 1. The Balaban J connectivity index is 3.23. The third kappa shape index (κ3) is 2.73. The van der Waals surface area contributed by atoms with E-state index in [0.29, 0.717) is 6.07 Å². The highest BCUT2D eigenvalue weighted by molar-refractivity contribution is 5.70. The third-order valence-corrected chi connectivity index (χ3v) is 1.87. The zero-order chi connectivity index (χ0) is 12.3. The van der Waals surface area contributed by atoms with Gasteiger partial charge in [-0.3, -0.25) is 4.79 Å². The third-order valence-electron chi connectivity index (χ3n) is 1.87. The molecule has 1 aromatic rings. The van der Waals surface area contributed by atoms with Crippen LogP contribution in [0.15, 0.2) is 18.2 Å². The lowest BCUT2D eigenvalue weighted by Crippen LogP contribution is -2.10. The fraction of sp³-hybridized carbons (Fsp3) is 0.200. The van der Waals surface area contributed by atoms with Crippen molar-refractivity contribution in [2.24, 2.45) is 0 Å². The van der Waals surface area contributed by atoms with Gasteiger partial charge in [0, 0.05) is 0 Å². The first kappa shape index (κ1) is 12.0. The molecule has 0 spiro atoms. The van der Waals surface area contributed by atoms with Crippen molar-refractivity contribution in [3.63, 3.8) is 0 Å². The molecule has 84 valence electrons. The standard InChI is InChI=1S/C10H6F3NO2/c11-10(12,13)8-3-6(4-9(15)16)1-2-7(8)5-14/h1-3H,4H2,(H,15,16).